The molecule has 2 N–H and O–H groups in total. The van der Waals surface area contributed by atoms with E-state index in [-0.39, 0.29) is 18.0 Å². The number of amides is 1. The number of hydrogen-bond donors (Lipinski definition) is 2. The fourth-order valence-electron chi connectivity index (χ4n) is 3.61. The summed E-state index contributed by atoms with van der Waals surface area (Å²) in [4.78, 5) is 30.3. The van der Waals surface area contributed by atoms with Gasteiger partial charge in [-0.15, -0.1) is 11.3 Å². The van der Waals surface area contributed by atoms with Crippen molar-refractivity contribution in [1.29, 1.82) is 0 Å². The molecule has 0 aliphatic carbocycles. The lowest BCUT2D eigenvalue weighted by atomic mass is 9.97. The Morgan fingerprint density at radius 1 is 1.30 bits per heavy atom. The molecule has 0 unspecified atom stereocenters. The Hall–Kier alpha value is -2.45. The quantitative estimate of drug-likeness (QED) is 0.706. The van der Waals surface area contributed by atoms with Gasteiger partial charge in [-0.2, -0.15) is 0 Å². The Labute approximate surface area is 161 Å². The maximum absolute atomic E-state index is 12.4. The van der Waals surface area contributed by atoms with Crippen LogP contribution in [0.5, 0.6) is 0 Å². The SMILES string of the molecule is Cn1c(=O)n(CCC(=O)Nc2ncc(C3CCNCC3)s2)c2ccccc21. The van der Waals surface area contributed by atoms with Crippen molar-refractivity contribution in [3.63, 3.8) is 0 Å². The van der Waals surface area contributed by atoms with Gasteiger partial charge in [-0.25, -0.2) is 9.78 Å². The van der Waals surface area contributed by atoms with Gasteiger partial charge in [0, 0.05) is 31.1 Å². The van der Waals surface area contributed by atoms with Crippen molar-refractivity contribution < 1.29 is 4.79 Å². The van der Waals surface area contributed by atoms with E-state index in [1.165, 1.54) is 4.88 Å². The zero-order valence-electron chi connectivity index (χ0n) is 15.3. The Balaban J connectivity index is 1.40. The molecule has 1 aliphatic rings. The lowest BCUT2D eigenvalue weighted by Crippen LogP contribution is -2.26. The molecule has 7 nitrogen and oxygen atoms in total. The van der Waals surface area contributed by atoms with E-state index in [1.807, 2.05) is 30.5 Å². The third kappa shape index (κ3) is 3.68. The predicted molar refractivity (Wildman–Crippen MR) is 107 cm³/mol. The van der Waals surface area contributed by atoms with Crippen molar-refractivity contribution >= 4 is 33.4 Å². The smallest absolute Gasteiger partial charge is 0.317 e. The molecule has 3 heterocycles. The second-order valence-electron chi connectivity index (χ2n) is 6.87. The van der Waals surface area contributed by atoms with E-state index in [2.05, 4.69) is 15.6 Å². The number of para-hydroxylation sites is 2. The van der Waals surface area contributed by atoms with Crippen molar-refractivity contribution in [3.8, 4) is 0 Å². The first-order valence-corrected chi connectivity index (χ1v) is 10.1. The van der Waals surface area contributed by atoms with Crippen LogP contribution in [-0.2, 0) is 18.4 Å². The van der Waals surface area contributed by atoms with Gasteiger partial charge >= 0.3 is 5.69 Å². The number of piperidine rings is 1. The molecule has 1 fully saturated rings. The molecule has 2 aromatic heterocycles. The van der Waals surface area contributed by atoms with Crippen LogP contribution in [0.4, 0.5) is 5.13 Å². The van der Waals surface area contributed by atoms with Crippen molar-refractivity contribution in [3.05, 3.63) is 45.8 Å². The van der Waals surface area contributed by atoms with Crippen molar-refractivity contribution in [2.75, 3.05) is 18.4 Å². The van der Waals surface area contributed by atoms with Crippen molar-refractivity contribution in [1.82, 2.24) is 19.4 Å². The minimum Gasteiger partial charge on any atom is -0.317 e. The summed E-state index contributed by atoms with van der Waals surface area (Å²) in [5, 5.41) is 6.87. The first-order valence-electron chi connectivity index (χ1n) is 9.24. The van der Waals surface area contributed by atoms with Crippen molar-refractivity contribution in [2.24, 2.45) is 7.05 Å². The number of anilines is 1. The number of thiazole rings is 1. The molecule has 1 saturated heterocycles. The summed E-state index contributed by atoms with van der Waals surface area (Å²) in [7, 11) is 1.75. The van der Waals surface area contributed by atoms with Gasteiger partial charge in [0.2, 0.25) is 5.91 Å². The number of nitrogens with one attached hydrogen (secondary N) is 2. The van der Waals surface area contributed by atoms with E-state index in [4.69, 9.17) is 0 Å². The molecule has 27 heavy (non-hydrogen) atoms. The zero-order valence-corrected chi connectivity index (χ0v) is 16.1. The summed E-state index contributed by atoms with van der Waals surface area (Å²) in [6.45, 7) is 2.41. The summed E-state index contributed by atoms with van der Waals surface area (Å²) in [5.41, 5.74) is 1.61. The summed E-state index contributed by atoms with van der Waals surface area (Å²) < 4.78 is 3.26. The first kappa shape index (κ1) is 17.9. The van der Waals surface area contributed by atoms with Crippen LogP contribution < -0.4 is 16.3 Å². The molecule has 142 valence electrons. The molecule has 1 aromatic carbocycles. The van der Waals surface area contributed by atoms with Crippen LogP contribution in [0.2, 0.25) is 0 Å². The second-order valence-corrected chi connectivity index (χ2v) is 7.93. The molecule has 0 bridgehead atoms. The minimum absolute atomic E-state index is 0.105. The number of hydrogen-bond acceptors (Lipinski definition) is 5. The number of benzene rings is 1. The number of carbonyl (C=O) groups excluding carboxylic acids is 1. The highest BCUT2D eigenvalue weighted by Gasteiger charge is 2.18. The molecular formula is C19H23N5O2S. The summed E-state index contributed by atoms with van der Waals surface area (Å²) in [6, 6.07) is 7.61. The highest BCUT2D eigenvalue weighted by Crippen LogP contribution is 2.31. The zero-order chi connectivity index (χ0) is 18.8. The van der Waals surface area contributed by atoms with Crippen LogP contribution in [0.1, 0.15) is 30.1 Å². The average molecular weight is 385 g/mol. The Morgan fingerprint density at radius 2 is 2.04 bits per heavy atom. The molecule has 8 heteroatoms. The summed E-state index contributed by atoms with van der Waals surface area (Å²) >= 11 is 1.56. The number of imidazole rings is 1. The van der Waals surface area contributed by atoms with Gasteiger partial charge in [0.15, 0.2) is 5.13 Å². The predicted octanol–water partition coefficient (Wildman–Crippen LogP) is 2.29. The third-order valence-corrected chi connectivity index (χ3v) is 6.20. The summed E-state index contributed by atoms with van der Waals surface area (Å²) in [5.74, 6) is 0.407. The van der Waals surface area contributed by atoms with Crippen molar-refractivity contribution in [2.45, 2.75) is 31.7 Å². The van der Waals surface area contributed by atoms with Crippen LogP contribution in [-0.4, -0.2) is 33.1 Å². The van der Waals surface area contributed by atoms with Gasteiger partial charge in [0.05, 0.1) is 11.0 Å². The van der Waals surface area contributed by atoms with Crippen LogP contribution >= 0.6 is 11.3 Å². The maximum atomic E-state index is 12.4. The van der Waals surface area contributed by atoms with Gasteiger partial charge < -0.3 is 10.6 Å². The normalized spacial score (nSPS) is 15.3. The molecule has 1 amide bonds. The number of fused-ring (bicyclic) bond motifs is 1. The highest BCUT2D eigenvalue weighted by atomic mass is 32.1. The fraction of sp³-hybridized carbons (Fsp3) is 0.421. The van der Waals surface area contributed by atoms with Crippen LogP contribution in [0, 0.1) is 0 Å². The van der Waals surface area contributed by atoms with Crippen LogP contribution in [0.3, 0.4) is 0 Å². The monoisotopic (exact) mass is 385 g/mol. The average Bonchev–Trinajstić information content (AvgIpc) is 3.25. The topological polar surface area (TPSA) is 81.0 Å². The lowest BCUT2D eigenvalue weighted by Gasteiger charge is -2.20. The molecule has 1 aliphatic heterocycles. The van der Waals surface area contributed by atoms with Gasteiger partial charge in [0.1, 0.15) is 0 Å². The number of nitrogens with zero attached hydrogens (tertiary/aromatic N) is 3. The highest BCUT2D eigenvalue weighted by molar-refractivity contribution is 7.15. The first-order chi connectivity index (χ1) is 13.1. The third-order valence-electron chi connectivity index (χ3n) is 5.13. The molecule has 0 radical (unpaired) electrons. The van der Waals surface area contributed by atoms with Gasteiger partial charge in [-0.3, -0.25) is 13.9 Å². The summed E-state index contributed by atoms with van der Waals surface area (Å²) in [6.07, 6.45) is 4.33. The van der Waals surface area contributed by atoms with Gasteiger partial charge in [-0.05, 0) is 44.0 Å². The van der Waals surface area contributed by atoms with Crippen LogP contribution in [0.25, 0.3) is 11.0 Å². The number of rotatable bonds is 5. The number of aromatic nitrogens is 3. The molecule has 4 rings (SSSR count). The van der Waals surface area contributed by atoms with E-state index in [0.29, 0.717) is 17.6 Å². The molecule has 0 spiro atoms. The maximum Gasteiger partial charge on any atom is 0.328 e. The van der Waals surface area contributed by atoms with E-state index in [1.54, 1.807) is 27.5 Å². The van der Waals surface area contributed by atoms with Gasteiger partial charge in [0.25, 0.3) is 0 Å². The largest absolute Gasteiger partial charge is 0.328 e. The van der Waals surface area contributed by atoms with E-state index in [0.717, 1.165) is 37.0 Å². The Morgan fingerprint density at radius 3 is 2.81 bits per heavy atom. The van der Waals surface area contributed by atoms with E-state index < -0.39 is 0 Å². The number of aryl methyl sites for hydroxylation is 2. The number of carbonyl (C=O) groups is 1. The van der Waals surface area contributed by atoms with Crippen LogP contribution in [0.15, 0.2) is 35.3 Å². The lowest BCUT2D eigenvalue weighted by molar-refractivity contribution is -0.116. The molecule has 0 atom stereocenters. The molecule has 0 saturated carbocycles. The second kappa shape index (κ2) is 7.66. The Bertz CT molecular complexity index is 1010. The van der Waals surface area contributed by atoms with Gasteiger partial charge in [-0.1, -0.05) is 12.1 Å². The van der Waals surface area contributed by atoms with E-state index >= 15 is 0 Å². The standard InChI is InChI=1S/C19H23N5O2S/c1-23-14-4-2-3-5-15(14)24(19(23)26)11-8-17(25)22-18-21-12-16(27-18)13-6-9-20-10-7-13/h2-5,12-13,20H,6-11H2,1H3,(H,21,22,25). The molecule has 3 aromatic rings. The Kier molecular flexibility index (Phi) is 5.09. The molecular weight excluding hydrogens is 362 g/mol. The minimum atomic E-state index is -0.124. The van der Waals surface area contributed by atoms with E-state index in [9.17, 15) is 9.59 Å². The fourth-order valence-corrected chi connectivity index (χ4v) is 4.62.